The number of ether oxygens (including phenoxy) is 1. The number of carbonyl (C=O) groups is 2. The number of oxime groups is 1. The largest absolute Gasteiger partial charge is 0.448 e. The molecule has 2 amide bonds. The lowest BCUT2D eigenvalue weighted by Gasteiger charge is -2.23. The Balaban J connectivity index is 2.22. The Hall–Kier alpha value is -2.78. The van der Waals surface area contributed by atoms with E-state index in [2.05, 4.69) is 9.99 Å². The molecule has 1 unspecified atom stereocenters. The van der Waals surface area contributed by atoms with Crippen LogP contribution in [-0.2, 0) is 9.63 Å². The van der Waals surface area contributed by atoms with E-state index in [0.717, 1.165) is 6.92 Å². The van der Waals surface area contributed by atoms with Crippen molar-refractivity contribution in [3.05, 3.63) is 29.8 Å². The summed E-state index contributed by atoms with van der Waals surface area (Å²) in [6, 6.07) is 5.49. The van der Waals surface area contributed by atoms with E-state index >= 15 is 0 Å². The number of alkyl halides is 3. The zero-order valence-electron chi connectivity index (χ0n) is 13.0. The van der Waals surface area contributed by atoms with Crippen LogP contribution in [-0.4, -0.2) is 54.1 Å². The summed E-state index contributed by atoms with van der Waals surface area (Å²) in [5.41, 5.74) is 0.210. The smallest absolute Gasteiger partial charge is 0.410 e. The molecule has 10 heteroatoms. The molecule has 0 radical (unpaired) electrons. The second-order valence-corrected chi connectivity index (χ2v) is 5.09. The van der Waals surface area contributed by atoms with Gasteiger partial charge in [-0.2, -0.15) is 13.2 Å². The van der Waals surface area contributed by atoms with Gasteiger partial charge < -0.3 is 14.5 Å². The molecule has 1 aromatic rings. The van der Waals surface area contributed by atoms with E-state index < -0.39 is 24.4 Å². The van der Waals surface area contributed by atoms with Crippen molar-refractivity contribution in [3.8, 4) is 5.75 Å². The van der Waals surface area contributed by atoms with Crippen LogP contribution in [0.3, 0.4) is 0 Å². The number of benzene rings is 1. The molecule has 1 aromatic carbocycles. The predicted molar refractivity (Wildman–Crippen MR) is 76.1 cm³/mol. The minimum atomic E-state index is -4.78. The molecule has 0 aliphatic carbocycles. The Kier molecular flexibility index (Phi) is 4.67. The fourth-order valence-corrected chi connectivity index (χ4v) is 1.88. The summed E-state index contributed by atoms with van der Waals surface area (Å²) in [6.07, 6.45) is -7.85. The van der Waals surface area contributed by atoms with E-state index in [-0.39, 0.29) is 17.1 Å². The number of hydrogen-bond acceptors (Lipinski definition) is 5. The Morgan fingerprint density at radius 1 is 1.25 bits per heavy atom. The number of rotatable bonds is 2. The Bertz CT molecular complexity index is 671. The standard InChI is InChI=1S/C14H14F3N3O4/c1-8(21)20-11(18-24-12(20)14(15,16)17)9-4-6-10(7-5-9)23-13(22)19(2)3/h4-7,12H,1-3H3. The molecule has 7 nitrogen and oxygen atoms in total. The number of hydrogen-bond donors (Lipinski definition) is 0. The molecular weight excluding hydrogens is 331 g/mol. The third-order valence-corrected chi connectivity index (χ3v) is 3.00. The summed E-state index contributed by atoms with van der Waals surface area (Å²) in [6.45, 7) is 0.982. The summed E-state index contributed by atoms with van der Waals surface area (Å²) in [5.74, 6) is -0.939. The van der Waals surface area contributed by atoms with Crippen LogP contribution >= 0.6 is 0 Å². The van der Waals surface area contributed by atoms with Crippen molar-refractivity contribution in [2.45, 2.75) is 19.3 Å². The molecule has 24 heavy (non-hydrogen) atoms. The number of amides is 2. The maximum Gasteiger partial charge on any atom is 0.448 e. The molecular formula is C14H14F3N3O4. The van der Waals surface area contributed by atoms with Crippen LogP contribution in [0.5, 0.6) is 5.75 Å². The second kappa shape index (κ2) is 6.38. The van der Waals surface area contributed by atoms with E-state index in [1.165, 1.54) is 43.3 Å². The maximum absolute atomic E-state index is 12.9. The van der Waals surface area contributed by atoms with E-state index in [0.29, 0.717) is 4.90 Å². The lowest BCUT2D eigenvalue weighted by molar-refractivity contribution is -0.242. The molecule has 1 aliphatic rings. The third-order valence-electron chi connectivity index (χ3n) is 3.00. The Morgan fingerprint density at radius 2 is 1.83 bits per heavy atom. The van der Waals surface area contributed by atoms with Crippen LogP contribution in [0.15, 0.2) is 29.4 Å². The molecule has 0 saturated carbocycles. The number of halogens is 3. The Morgan fingerprint density at radius 3 is 2.29 bits per heavy atom. The molecule has 1 aliphatic heterocycles. The van der Waals surface area contributed by atoms with Gasteiger partial charge in [0.25, 0.3) is 0 Å². The van der Waals surface area contributed by atoms with Gasteiger partial charge in [0, 0.05) is 26.6 Å². The van der Waals surface area contributed by atoms with Gasteiger partial charge in [-0.1, -0.05) is 5.16 Å². The quantitative estimate of drug-likeness (QED) is 0.824. The highest BCUT2D eigenvalue weighted by molar-refractivity contribution is 6.08. The average Bonchev–Trinajstić information content (AvgIpc) is 2.93. The van der Waals surface area contributed by atoms with Crippen LogP contribution in [0.1, 0.15) is 12.5 Å². The van der Waals surface area contributed by atoms with Gasteiger partial charge in [0.15, 0.2) is 5.84 Å². The highest BCUT2D eigenvalue weighted by atomic mass is 19.4. The van der Waals surface area contributed by atoms with Gasteiger partial charge in [0.1, 0.15) is 5.75 Å². The van der Waals surface area contributed by atoms with Crippen molar-refractivity contribution in [1.82, 2.24) is 9.80 Å². The first kappa shape index (κ1) is 17.6. The van der Waals surface area contributed by atoms with Gasteiger partial charge in [0.2, 0.25) is 5.91 Å². The molecule has 0 N–H and O–H groups in total. The monoisotopic (exact) mass is 345 g/mol. The predicted octanol–water partition coefficient (Wildman–Crippen LogP) is 2.18. The fourth-order valence-electron chi connectivity index (χ4n) is 1.88. The van der Waals surface area contributed by atoms with Crippen LogP contribution < -0.4 is 4.74 Å². The molecule has 1 atom stereocenters. The van der Waals surface area contributed by atoms with Crippen LogP contribution in [0.4, 0.5) is 18.0 Å². The van der Waals surface area contributed by atoms with Crippen LogP contribution in [0.25, 0.3) is 0 Å². The minimum absolute atomic E-state index is 0.193. The van der Waals surface area contributed by atoms with Gasteiger partial charge in [-0.3, -0.25) is 4.79 Å². The summed E-state index contributed by atoms with van der Waals surface area (Å²) in [7, 11) is 3.01. The third kappa shape index (κ3) is 3.58. The SMILES string of the molecule is CC(=O)N1C(c2ccc(OC(=O)N(C)C)cc2)=NOC1C(F)(F)F. The summed E-state index contributed by atoms with van der Waals surface area (Å²) >= 11 is 0. The number of nitrogens with zero attached hydrogens (tertiary/aromatic N) is 3. The van der Waals surface area contributed by atoms with Crippen molar-refractivity contribution in [3.63, 3.8) is 0 Å². The second-order valence-electron chi connectivity index (χ2n) is 5.09. The minimum Gasteiger partial charge on any atom is -0.410 e. The molecule has 130 valence electrons. The molecule has 0 saturated heterocycles. The highest BCUT2D eigenvalue weighted by Gasteiger charge is 2.52. The summed E-state index contributed by atoms with van der Waals surface area (Å²) in [5, 5.41) is 3.36. The molecule has 0 bridgehead atoms. The first-order chi connectivity index (χ1) is 11.1. The van der Waals surface area contributed by atoms with Crippen molar-refractivity contribution in [2.75, 3.05) is 14.1 Å². The number of amidine groups is 1. The van der Waals surface area contributed by atoms with Crippen LogP contribution in [0.2, 0.25) is 0 Å². The van der Waals surface area contributed by atoms with Gasteiger partial charge in [-0.15, -0.1) is 0 Å². The van der Waals surface area contributed by atoms with Crippen molar-refractivity contribution >= 4 is 17.8 Å². The lowest BCUT2D eigenvalue weighted by atomic mass is 10.1. The van der Waals surface area contributed by atoms with E-state index in [1.54, 1.807) is 0 Å². The topological polar surface area (TPSA) is 71.4 Å². The van der Waals surface area contributed by atoms with Gasteiger partial charge in [-0.25, -0.2) is 9.69 Å². The van der Waals surface area contributed by atoms with E-state index in [1.807, 2.05) is 0 Å². The molecule has 0 aromatic heterocycles. The highest BCUT2D eigenvalue weighted by Crippen LogP contribution is 2.31. The molecule has 0 fully saturated rings. The van der Waals surface area contributed by atoms with Crippen LogP contribution in [0, 0.1) is 0 Å². The zero-order valence-corrected chi connectivity index (χ0v) is 13.0. The molecule has 2 rings (SSSR count). The maximum atomic E-state index is 12.9. The van der Waals surface area contributed by atoms with Crippen molar-refractivity contribution in [2.24, 2.45) is 5.16 Å². The summed E-state index contributed by atoms with van der Waals surface area (Å²) < 4.78 is 43.7. The average molecular weight is 345 g/mol. The van der Waals surface area contributed by atoms with Gasteiger partial charge in [0.05, 0.1) is 0 Å². The molecule has 0 spiro atoms. The van der Waals surface area contributed by atoms with Gasteiger partial charge >= 0.3 is 18.5 Å². The molecule has 1 heterocycles. The fraction of sp³-hybridized carbons (Fsp3) is 0.357. The van der Waals surface area contributed by atoms with Gasteiger partial charge in [-0.05, 0) is 24.3 Å². The normalized spacial score (nSPS) is 17.2. The Labute approximate surface area is 135 Å². The number of carbonyl (C=O) groups excluding carboxylic acids is 2. The van der Waals surface area contributed by atoms with E-state index in [9.17, 15) is 22.8 Å². The first-order valence-electron chi connectivity index (χ1n) is 6.71. The first-order valence-corrected chi connectivity index (χ1v) is 6.71. The summed E-state index contributed by atoms with van der Waals surface area (Å²) in [4.78, 5) is 29.0. The zero-order chi connectivity index (χ0) is 18.1. The lowest BCUT2D eigenvalue weighted by Crippen LogP contribution is -2.48. The van der Waals surface area contributed by atoms with Crippen molar-refractivity contribution in [1.29, 1.82) is 0 Å². The van der Waals surface area contributed by atoms with Crippen molar-refractivity contribution < 1.29 is 32.3 Å². The van der Waals surface area contributed by atoms with E-state index in [4.69, 9.17) is 4.74 Å².